The molecule has 2 aromatic rings. The number of aliphatic hydroxyl groups is 1. The van der Waals surface area contributed by atoms with Crippen molar-refractivity contribution in [3.05, 3.63) is 42.1 Å². The van der Waals surface area contributed by atoms with Gasteiger partial charge in [-0.3, -0.25) is 19.2 Å². The molecule has 10 nitrogen and oxygen atoms in total. The van der Waals surface area contributed by atoms with E-state index in [2.05, 4.69) is 15.6 Å². The molecule has 1 aromatic heterocycles. The zero-order chi connectivity index (χ0) is 26.1. The number of fused-ring (bicyclic) bond motifs is 2. The molecule has 2 fully saturated rings. The Morgan fingerprint density at radius 1 is 1.30 bits per heavy atom. The van der Waals surface area contributed by atoms with Crippen LogP contribution < -0.4 is 15.4 Å². The van der Waals surface area contributed by atoms with Gasteiger partial charge in [0.05, 0.1) is 13.2 Å². The van der Waals surface area contributed by atoms with E-state index >= 15 is 0 Å². The van der Waals surface area contributed by atoms with Gasteiger partial charge in [-0.2, -0.15) is 0 Å². The van der Waals surface area contributed by atoms with Crippen molar-refractivity contribution >= 4 is 34.4 Å². The number of aliphatic hydroxyl groups excluding tert-OH is 1. The second-order valence-corrected chi connectivity index (χ2v) is 10.1. The second-order valence-electron chi connectivity index (χ2n) is 10.1. The number of ketones is 1. The molecule has 1 aromatic carbocycles. The molecular weight excluding hydrogens is 476 g/mol. The van der Waals surface area contributed by atoms with Gasteiger partial charge in [0, 0.05) is 35.8 Å². The largest absolute Gasteiger partial charge is 0.496 e. The number of nitrogens with one attached hydrogen (secondary N) is 3. The van der Waals surface area contributed by atoms with Gasteiger partial charge in [-0.1, -0.05) is 18.2 Å². The zero-order valence-corrected chi connectivity index (χ0v) is 20.7. The Morgan fingerprint density at radius 3 is 2.89 bits per heavy atom. The summed E-state index contributed by atoms with van der Waals surface area (Å²) in [4.78, 5) is 56.9. The molecule has 5 rings (SSSR count). The van der Waals surface area contributed by atoms with Crippen LogP contribution in [0.25, 0.3) is 10.9 Å². The van der Waals surface area contributed by atoms with E-state index in [9.17, 15) is 24.3 Å². The van der Waals surface area contributed by atoms with Crippen LogP contribution in [0, 0.1) is 17.8 Å². The molecule has 0 spiro atoms. The van der Waals surface area contributed by atoms with E-state index in [1.165, 1.54) is 0 Å². The molecule has 0 bridgehead atoms. The molecular formula is C27H32N4O6. The number of likely N-dealkylation sites (tertiary alicyclic amines) is 1. The summed E-state index contributed by atoms with van der Waals surface area (Å²) in [7, 11) is 1.57. The topological polar surface area (TPSA) is 141 Å². The summed E-state index contributed by atoms with van der Waals surface area (Å²) in [6, 6.07) is 5.42. The fourth-order valence-corrected chi connectivity index (χ4v) is 5.94. The number of carbonyl (C=O) groups is 4. The summed E-state index contributed by atoms with van der Waals surface area (Å²) in [5.74, 6) is -1.31. The zero-order valence-electron chi connectivity index (χ0n) is 20.7. The SMILES string of the molecule is COc1cccc2[nH]c(C(=O)N3CC4CC=CC4C3C(=O)NC(CC3CCCNC3=O)C(=O)CO)cc12. The molecule has 1 aliphatic carbocycles. The van der Waals surface area contributed by atoms with Crippen LogP contribution in [0.3, 0.4) is 0 Å². The Balaban J connectivity index is 1.39. The maximum absolute atomic E-state index is 13.7. The van der Waals surface area contributed by atoms with E-state index in [0.717, 1.165) is 23.7 Å². The Morgan fingerprint density at radius 2 is 2.14 bits per heavy atom. The van der Waals surface area contributed by atoms with Crippen LogP contribution in [-0.4, -0.2) is 77.4 Å². The Labute approximate surface area is 214 Å². The number of piperidine rings is 1. The first-order valence-electron chi connectivity index (χ1n) is 12.8. The highest BCUT2D eigenvalue weighted by Crippen LogP contribution is 2.39. The van der Waals surface area contributed by atoms with Gasteiger partial charge in [0.1, 0.15) is 24.1 Å². The third-order valence-electron chi connectivity index (χ3n) is 7.86. The molecule has 3 aliphatic rings. The molecule has 2 aliphatic heterocycles. The van der Waals surface area contributed by atoms with Crippen molar-refractivity contribution in [2.24, 2.45) is 17.8 Å². The van der Waals surface area contributed by atoms with Crippen molar-refractivity contribution in [1.82, 2.24) is 20.5 Å². The smallest absolute Gasteiger partial charge is 0.271 e. The number of aromatic nitrogens is 1. The Bertz CT molecular complexity index is 1250. The number of rotatable bonds is 8. The number of hydrogen-bond acceptors (Lipinski definition) is 6. The molecule has 2 saturated heterocycles. The standard InChI is InChI=1S/C27H32N4O6/c1-37-23-9-3-8-19-18(23)12-21(29-19)27(36)31-13-16-5-2-7-17(16)24(31)26(35)30-20(22(33)14-32)11-15-6-4-10-28-25(15)34/h2-3,7-9,12,15-17,20,24,29,32H,4-6,10-11,13-14H2,1H3,(H,28,34)(H,30,35). The first kappa shape index (κ1) is 25.0. The van der Waals surface area contributed by atoms with Crippen LogP contribution in [0.4, 0.5) is 0 Å². The van der Waals surface area contributed by atoms with Gasteiger partial charge >= 0.3 is 0 Å². The van der Waals surface area contributed by atoms with Crippen molar-refractivity contribution in [3.8, 4) is 5.75 Å². The van der Waals surface area contributed by atoms with Gasteiger partial charge in [-0.05, 0) is 49.8 Å². The number of H-pyrrole nitrogens is 1. The van der Waals surface area contributed by atoms with Gasteiger partial charge in [0.25, 0.3) is 5.91 Å². The normalized spacial score (nSPS) is 25.6. The minimum absolute atomic E-state index is 0.106. The van der Waals surface area contributed by atoms with Gasteiger partial charge < -0.3 is 30.4 Å². The first-order valence-corrected chi connectivity index (χ1v) is 12.8. The number of amides is 3. The number of benzene rings is 1. The molecule has 0 saturated carbocycles. The van der Waals surface area contributed by atoms with Crippen molar-refractivity contribution in [3.63, 3.8) is 0 Å². The predicted molar refractivity (Wildman–Crippen MR) is 135 cm³/mol. The van der Waals surface area contributed by atoms with Gasteiger partial charge in [-0.15, -0.1) is 0 Å². The highest BCUT2D eigenvalue weighted by atomic mass is 16.5. The molecule has 4 N–H and O–H groups in total. The molecule has 196 valence electrons. The minimum atomic E-state index is -1.01. The predicted octanol–water partition coefficient (Wildman–Crippen LogP) is 1.16. The van der Waals surface area contributed by atoms with Crippen LogP contribution >= 0.6 is 0 Å². The van der Waals surface area contributed by atoms with Crippen molar-refractivity contribution in [1.29, 1.82) is 0 Å². The summed E-state index contributed by atoms with van der Waals surface area (Å²) in [6.45, 7) is 0.259. The molecule has 10 heteroatoms. The van der Waals surface area contributed by atoms with Crippen molar-refractivity contribution in [2.45, 2.75) is 37.8 Å². The van der Waals surface area contributed by atoms with Crippen LogP contribution in [0.15, 0.2) is 36.4 Å². The van der Waals surface area contributed by atoms with Crippen LogP contribution in [0.2, 0.25) is 0 Å². The number of aromatic amines is 1. The maximum atomic E-state index is 13.7. The first-order chi connectivity index (χ1) is 17.9. The molecule has 5 unspecified atom stereocenters. The number of carbonyl (C=O) groups excluding carboxylic acids is 4. The number of ether oxygens (including phenoxy) is 1. The average Bonchev–Trinajstić information content (AvgIpc) is 3.62. The minimum Gasteiger partial charge on any atom is -0.496 e. The summed E-state index contributed by atoms with van der Waals surface area (Å²) in [5, 5.41) is 15.9. The van der Waals surface area contributed by atoms with Crippen LogP contribution in [0.1, 0.15) is 36.2 Å². The van der Waals surface area contributed by atoms with Gasteiger partial charge in [0.15, 0.2) is 5.78 Å². The summed E-state index contributed by atoms with van der Waals surface area (Å²) >= 11 is 0. The summed E-state index contributed by atoms with van der Waals surface area (Å²) in [5.41, 5.74) is 1.10. The number of allylic oxidation sites excluding steroid dienone is 1. The number of nitrogens with zero attached hydrogens (tertiary/aromatic N) is 1. The van der Waals surface area contributed by atoms with Crippen molar-refractivity contribution < 1.29 is 29.0 Å². The van der Waals surface area contributed by atoms with Gasteiger partial charge in [-0.25, -0.2) is 0 Å². The maximum Gasteiger partial charge on any atom is 0.271 e. The number of hydrogen-bond donors (Lipinski definition) is 4. The van der Waals surface area contributed by atoms with Crippen LogP contribution in [0.5, 0.6) is 5.75 Å². The van der Waals surface area contributed by atoms with E-state index in [1.54, 1.807) is 18.1 Å². The van der Waals surface area contributed by atoms with E-state index in [0.29, 0.717) is 31.0 Å². The van der Waals surface area contributed by atoms with E-state index in [1.807, 2.05) is 30.4 Å². The number of methoxy groups -OCH3 is 1. The van der Waals surface area contributed by atoms with Crippen LogP contribution in [-0.2, 0) is 14.4 Å². The molecule has 5 atom stereocenters. The highest BCUT2D eigenvalue weighted by Gasteiger charge is 2.48. The third-order valence-corrected chi connectivity index (χ3v) is 7.86. The monoisotopic (exact) mass is 508 g/mol. The molecule has 37 heavy (non-hydrogen) atoms. The fourth-order valence-electron chi connectivity index (χ4n) is 5.94. The fraction of sp³-hybridized carbons (Fsp3) is 0.481. The van der Waals surface area contributed by atoms with E-state index in [-0.39, 0.29) is 30.1 Å². The second kappa shape index (κ2) is 10.4. The lowest BCUT2D eigenvalue weighted by molar-refractivity contribution is -0.133. The lowest BCUT2D eigenvalue weighted by Crippen LogP contribution is -2.54. The average molecular weight is 509 g/mol. The lowest BCUT2D eigenvalue weighted by atomic mass is 9.89. The van der Waals surface area contributed by atoms with E-state index in [4.69, 9.17) is 4.74 Å². The molecule has 3 heterocycles. The third kappa shape index (κ3) is 4.73. The summed E-state index contributed by atoms with van der Waals surface area (Å²) in [6.07, 6.45) is 6.27. The Hall–Kier alpha value is -3.66. The molecule has 3 amide bonds. The summed E-state index contributed by atoms with van der Waals surface area (Å²) < 4.78 is 5.41. The van der Waals surface area contributed by atoms with Crippen molar-refractivity contribution in [2.75, 3.05) is 26.8 Å². The highest BCUT2D eigenvalue weighted by molar-refractivity contribution is 6.02. The quantitative estimate of drug-likeness (QED) is 0.395. The Kier molecular flexibility index (Phi) is 7.01. The van der Waals surface area contributed by atoms with Gasteiger partial charge in [0.2, 0.25) is 11.8 Å². The lowest BCUT2D eigenvalue weighted by Gasteiger charge is -2.30. The van der Waals surface area contributed by atoms with E-state index < -0.39 is 36.3 Å². The number of Topliss-reactive ketones (excluding diaryl/α,β-unsaturated/α-hetero) is 1. The molecule has 0 radical (unpaired) electrons.